The van der Waals surface area contributed by atoms with Crippen LogP contribution in [0, 0.1) is 0 Å². The summed E-state index contributed by atoms with van der Waals surface area (Å²) in [5.41, 5.74) is 2.57. The molecule has 1 aliphatic heterocycles. The zero-order valence-corrected chi connectivity index (χ0v) is 21.0. The molecule has 0 saturated carbocycles. The largest absolute Gasteiger partial charge is 0.497 e. The van der Waals surface area contributed by atoms with Crippen molar-refractivity contribution in [2.75, 3.05) is 39.7 Å². The Labute approximate surface area is 206 Å². The van der Waals surface area contributed by atoms with Crippen molar-refractivity contribution in [3.05, 3.63) is 46.1 Å². The van der Waals surface area contributed by atoms with Crippen molar-refractivity contribution in [1.82, 2.24) is 19.3 Å². The Bertz CT molecular complexity index is 1180. The molecular weight excluding hydrogens is 506 g/mol. The summed E-state index contributed by atoms with van der Waals surface area (Å²) in [6.07, 6.45) is 2.51. The number of imidazole rings is 1. The van der Waals surface area contributed by atoms with Gasteiger partial charge in [-0.25, -0.2) is 14.8 Å². The third-order valence-electron chi connectivity index (χ3n) is 6.00. The highest BCUT2D eigenvalue weighted by molar-refractivity contribution is 9.10. The fraction of sp³-hybridized carbons (Fsp3) is 0.435. The standard InChI is InChI=1S/C23H28BrN5O5/c1-32-13-16-11-26-21(25-10-14-6-7-17(33-2)9-18(14)34-3)19-20(24)27-22(29(16)19)15-5-4-8-28(12-15)23(30)31/h6-7,9,11,15H,4-5,8,10,12-13H2,1-3H3,(H,25,26)(H,30,31)/t15-/m1/s1. The molecule has 11 heteroatoms. The third-order valence-corrected chi connectivity index (χ3v) is 6.56. The molecule has 0 aliphatic carbocycles. The van der Waals surface area contributed by atoms with E-state index in [0.717, 1.165) is 41.2 Å². The number of nitrogens with one attached hydrogen (secondary N) is 1. The predicted molar refractivity (Wildman–Crippen MR) is 130 cm³/mol. The molecule has 3 aromatic rings. The molecule has 0 spiro atoms. The Hall–Kier alpha value is -3.05. The topological polar surface area (TPSA) is 110 Å². The highest BCUT2D eigenvalue weighted by Gasteiger charge is 2.29. The van der Waals surface area contributed by atoms with Gasteiger partial charge in [0.25, 0.3) is 0 Å². The van der Waals surface area contributed by atoms with Gasteiger partial charge < -0.3 is 29.5 Å². The van der Waals surface area contributed by atoms with Crippen molar-refractivity contribution in [2.24, 2.45) is 0 Å². The first-order valence-corrected chi connectivity index (χ1v) is 11.7. The molecule has 0 unspecified atom stereocenters. The molecule has 1 aromatic carbocycles. The Morgan fingerprint density at radius 3 is 2.82 bits per heavy atom. The number of carboxylic acid groups (broad SMARTS) is 1. The lowest BCUT2D eigenvalue weighted by molar-refractivity contribution is 0.129. The fourth-order valence-corrected chi connectivity index (χ4v) is 4.90. The number of piperidine rings is 1. The number of benzene rings is 1. The van der Waals surface area contributed by atoms with Crippen LogP contribution in [0.4, 0.5) is 10.6 Å². The van der Waals surface area contributed by atoms with Crippen LogP contribution in [0.25, 0.3) is 5.52 Å². The number of amides is 1. The lowest BCUT2D eigenvalue weighted by Gasteiger charge is -2.30. The average molecular weight is 534 g/mol. The van der Waals surface area contributed by atoms with Gasteiger partial charge in [0.15, 0.2) is 5.82 Å². The smallest absolute Gasteiger partial charge is 0.407 e. The molecule has 3 heterocycles. The van der Waals surface area contributed by atoms with Crippen LogP contribution >= 0.6 is 15.9 Å². The van der Waals surface area contributed by atoms with E-state index in [9.17, 15) is 9.90 Å². The first kappa shape index (κ1) is 24.1. The van der Waals surface area contributed by atoms with Gasteiger partial charge in [0, 0.05) is 44.3 Å². The van der Waals surface area contributed by atoms with Gasteiger partial charge in [-0.05, 0) is 40.9 Å². The number of halogens is 1. The van der Waals surface area contributed by atoms with Gasteiger partial charge in [-0.15, -0.1) is 0 Å². The van der Waals surface area contributed by atoms with Crippen molar-refractivity contribution in [1.29, 1.82) is 0 Å². The number of hydrogen-bond donors (Lipinski definition) is 2. The average Bonchev–Trinajstić information content (AvgIpc) is 3.21. The zero-order valence-electron chi connectivity index (χ0n) is 19.4. The van der Waals surface area contributed by atoms with E-state index in [-0.39, 0.29) is 5.92 Å². The van der Waals surface area contributed by atoms with Crippen LogP contribution in [-0.2, 0) is 17.9 Å². The molecule has 10 nitrogen and oxygen atoms in total. The monoisotopic (exact) mass is 533 g/mol. The lowest BCUT2D eigenvalue weighted by atomic mass is 9.97. The second-order valence-corrected chi connectivity index (χ2v) is 8.83. The summed E-state index contributed by atoms with van der Waals surface area (Å²) in [6.45, 7) is 1.77. The van der Waals surface area contributed by atoms with Crippen LogP contribution in [-0.4, -0.2) is 64.9 Å². The molecule has 34 heavy (non-hydrogen) atoms. The third kappa shape index (κ3) is 4.76. The molecule has 1 aliphatic rings. The first-order valence-electron chi connectivity index (χ1n) is 10.9. The maximum atomic E-state index is 11.6. The lowest BCUT2D eigenvalue weighted by Crippen LogP contribution is -2.38. The predicted octanol–water partition coefficient (Wildman–Crippen LogP) is 4.12. The van der Waals surface area contributed by atoms with Gasteiger partial charge >= 0.3 is 6.09 Å². The van der Waals surface area contributed by atoms with Gasteiger partial charge in [-0.3, -0.25) is 4.40 Å². The number of aromatic nitrogens is 3. The summed E-state index contributed by atoms with van der Waals surface area (Å²) in [5.74, 6) is 2.84. The minimum absolute atomic E-state index is 0.0313. The second kappa shape index (κ2) is 10.5. The molecule has 1 fully saturated rings. The van der Waals surface area contributed by atoms with Crippen LogP contribution in [0.2, 0.25) is 0 Å². The van der Waals surface area contributed by atoms with E-state index in [1.165, 1.54) is 4.90 Å². The van der Waals surface area contributed by atoms with Crippen LogP contribution in [0.3, 0.4) is 0 Å². The maximum absolute atomic E-state index is 11.6. The van der Waals surface area contributed by atoms with E-state index in [4.69, 9.17) is 19.2 Å². The number of carbonyl (C=O) groups is 1. The van der Waals surface area contributed by atoms with E-state index < -0.39 is 6.09 Å². The quantitative estimate of drug-likeness (QED) is 0.444. The van der Waals surface area contributed by atoms with Gasteiger partial charge in [-0.2, -0.15) is 0 Å². The summed E-state index contributed by atoms with van der Waals surface area (Å²) < 4.78 is 18.9. The summed E-state index contributed by atoms with van der Waals surface area (Å²) in [5, 5.41) is 12.9. The Morgan fingerprint density at radius 2 is 2.12 bits per heavy atom. The van der Waals surface area contributed by atoms with E-state index in [0.29, 0.717) is 42.4 Å². The van der Waals surface area contributed by atoms with Crippen molar-refractivity contribution >= 4 is 33.4 Å². The maximum Gasteiger partial charge on any atom is 0.407 e. The molecule has 4 rings (SSSR count). The molecule has 0 bridgehead atoms. The second-order valence-electron chi connectivity index (χ2n) is 8.08. The molecule has 1 saturated heterocycles. The number of hydrogen-bond acceptors (Lipinski definition) is 7. The molecule has 1 atom stereocenters. The zero-order chi connectivity index (χ0) is 24.2. The highest BCUT2D eigenvalue weighted by Crippen LogP contribution is 2.34. The number of nitrogens with zero attached hydrogens (tertiary/aromatic N) is 4. The van der Waals surface area contributed by atoms with Crippen LogP contribution < -0.4 is 14.8 Å². The molecule has 182 valence electrons. The molecule has 0 radical (unpaired) electrons. The number of rotatable bonds is 8. The van der Waals surface area contributed by atoms with Gasteiger partial charge in [-0.1, -0.05) is 0 Å². The molecule has 2 N–H and O–H groups in total. The highest BCUT2D eigenvalue weighted by atomic mass is 79.9. The van der Waals surface area contributed by atoms with E-state index in [1.807, 2.05) is 22.6 Å². The van der Waals surface area contributed by atoms with Gasteiger partial charge in [0.2, 0.25) is 0 Å². The van der Waals surface area contributed by atoms with Gasteiger partial charge in [0.05, 0.1) is 32.7 Å². The van der Waals surface area contributed by atoms with Crippen LogP contribution in [0.15, 0.2) is 29.0 Å². The fourth-order valence-electron chi connectivity index (χ4n) is 4.35. The minimum atomic E-state index is -0.904. The number of anilines is 1. The van der Waals surface area contributed by atoms with E-state index in [2.05, 4.69) is 26.2 Å². The van der Waals surface area contributed by atoms with Gasteiger partial charge in [0.1, 0.15) is 27.4 Å². The number of likely N-dealkylation sites (tertiary alicyclic amines) is 1. The van der Waals surface area contributed by atoms with Crippen molar-refractivity contribution in [2.45, 2.75) is 31.9 Å². The van der Waals surface area contributed by atoms with E-state index in [1.54, 1.807) is 27.5 Å². The van der Waals surface area contributed by atoms with Crippen molar-refractivity contribution in [3.8, 4) is 11.5 Å². The summed E-state index contributed by atoms with van der Waals surface area (Å²) in [6, 6.07) is 5.67. The summed E-state index contributed by atoms with van der Waals surface area (Å²) >= 11 is 3.61. The molecule has 2 aromatic heterocycles. The summed E-state index contributed by atoms with van der Waals surface area (Å²) in [4.78, 5) is 22.5. The number of ether oxygens (including phenoxy) is 3. The number of fused-ring (bicyclic) bond motifs is 1. The van der Waals surface area contributed by atoms with Crippen molar-refractivity contribution in [3.63, 3.8) is 0 Å². The molecular formula is C23H28BrN5O5. The van der Waals surface area contributed by atoms with E-state index >= 15 is 0 Å². The normalized spacial score (nSPS) is 16.0. The minimum Gasteiger partial charge on any atom is -0.497 e. The Kier molecular flexibility index (Phi) is 7.42. The summed E-state index contributed by atoms with van der Waals surface area (Å²) in [7, 11) is 4.87. The SMILES string of the molecule is COCc1cnc(NCc2ccc(OC)cc2OC)c2c(Br)nc([C@@H]3CCCN(C(=O)O)C3)n12. The molecule has 1 amide bonds. The van der Waals surface area contributed by atoms with Crippen LogP contribution in [0.5, 0.6) is 11.5 Å². The van der Waals surface area contributed by atoms with Crippen molar-refractivity contribution < 1.29 is 24.1 Å². The Balaban J connectivity index is 1.71. The first-order chi connectivity index (χ1) is 16.5. The van der Waals surface area contributed by atoms with Crippen LogP contribution in [0.1, 0.15) is 35.8 Å². The Morgan fingerprint density at radius 1 is 1.29 bits per heavy atom. The number of methoxy groups -OCH3 is 3.